The molecule has 18 heavy (non-hydrogen) atoms. The summed E-state index contributed by atoms with van der Waals surface area (Å²) in [4.78, 5) is 0. The summed E-state index contributed by atoms with van der Waals surface area (Å²) in [6.07, 6.45) is 4.84. The summed E-state index contributed by atoms with van der Waals surface area (Å²) in [6.45, 7) is 0. The zero-order valence-corrected chi connectivity index (χ0v) is 11.5. The zero-order valence-electron chi connectivity index (χ0n) is 9.88. The van der Waals surface area contributed by atoms with Crippen LogP contribution in [0.1, 0.15) is 37.4 Å². The van der Waals surface area contributed by atoms with Crippen LogP contribution in [0.25, 0.3) is 5.69 Å². The summed E-state index contributed by atoms with van der Waals surface area (Å²) in [5, 5.41) is 12.1. The molecule has 0 spiro atoms. The minimum Gasteiger partial charge on any atom is -0.397 e. The highest BCUT2D eigenvalue weighted by molar-refractivity contribution is 9.10. The average Bonchev–Trinajstić information content (AvgIpc) is 2.98. The van der Waals surface area contributed by atoms with Crippen LogP contribution in [0.2, 0.25) is 0 Å². The van der Waals surface area contributed by atoms with Crippen molar-refractivity contribution in [1.29, 1.82) is 0 Å². The van der Waals surface area contributed by atoms with Gasteiger partial charge in [0, 0.05) is 10.4 Å². The Morgan fingerprint density at radius 3 is 2.78 bits per heavy atom. The van der Waals surface area contributed by atoms with E-state index in [1.54, 1.807) is 4.68 Å². The van der Waals surface area contributed by atoms with E-state index in [4.69, 9.17) is 5.73 Å². The van der Waals surface area contributed by atoms with Crippen molar-refractivity contribution in [3.8, 4) is 5.69 Å². The van der Waals surface area contributed by atoms with E-state index in [-0.39, 0.29) is 0 Å². The lowest BCUT2D eigenvalue weighted by Gasteiger charge is -2.11. The first kappa shape index (κ1) is 11.6. The lowest BCUT2D eigenvalue weighted by atomic mass is 10.1. The highest BCUT2D eigenvalue weighted by atomic mass is 79.9. The van der Waals surface area contributed by atoms with Crippen LogP contribution in [-0.2, 0) is 0 Å². The van der Waals surface area contributed by atoms with E-state index >= 15 is 0 Å². The lowest BCUT2D eigenvalue weighted by molar-refractivity contribution is 0.637. The average molecular weight is 308 g/mol. The number of tetrazole rings is 1. The Kier molecular flexibility index (Phi) is 3.03. The van der Waals surface area contributed by atoms with Crippen LogP contribution >= 0.6 is 15.9 Å². The van der Waals surface area contributed by atoms with Gasteiger partial charge in [-0.1, -0.05) is 28.8 Å². The number of anilines is 1. The molecule has 0 bridgehead atoms. The van der Waals surface area contributed by atoms with Crippen molar-refractivity contribution in [3.05, 3.63) is 28.5 Å². The van der Waals surface area contributed by atoms with E-state index in [1.807, 2.05) is 18.2 Å². The van der Waals surface area contributed by atoms with Crippen molar-refractivity contribution in [2.24, 2.45) is 0 Å². The van der Waals surface area contributed by atoms with Crippen LogP contribution in [0.3, 0.4) is 0 Å². The van der Waals surface area contributed by atoms with Crippen LogP contribution in [0.5, 0.6) is 0 Å². The second kappa shape index (κ2) is 4.68. The molecule has 2 N–H and O–H groups in total. The molecule has 1 saturated carbocycles. The van der Waals surface area contributed by atoms with Gasteiger partial charge in [-0.05, 0) is 41.5 Å². The highest BCUT2D eigenvalue weighted by Gasteiger charge is 2.24. The quantitative estimate of drug-likeness (QED) is 0.866. The Morgan fingerprint density at radius 2 is 2.06 bits per heavy atom. The third-order valence-corrected chi connectivity index (χ3v) is 3.92. The molecule has 6 heteroatoms. The molecular weight excluding hydrogens is 294 g/mol. The molecule has 3 rings (SSSR count). The Morgan fingerprint density at radius 1 is 1.28 bits per heavy atom. The van der Waals surface area contributed by atoms with Gasteiger partial charge in [-0.3, -0.25) is 0 Å². The monoisotopic (exact) mass is 307 g/mol. The number of nitrogen functional groups attached to an aromatic ring is 1. The smallest absolute Gasteiger partial charge is 0.159 e. The predicted molar refractivity (Wildman–Crippen MR) is 72.5 cm³/mol. The molecule has 5 nitrogen and oxygen atoms in total. The molecule has 0 amide bonds. The summed E-state index contributed by atoms with van der Waals surface area (Å²) >= 11 is 3.40. The summed E-state index contributed by atoms with van der Waals surface area (Å²) in [6, 6.07) is 5.76. The van der Waals surface area contributed by atoms with Crippen molar-refractivity contribution >= 4 is 21.6 Å². The van der Waals surface area contributed by atoms with E-state index in [2.05, 4.69) is 31.5 Å². The SMILES string of the molecule is Nc1cc(Br)ccc1-n1nnnc1C1CCCC1. The van der Waals surface area contributed by atoms with Gasteiger partial charge in [0.25, 0.3) is 0 Å². The van der Waals surface area contributed by atoms with Crippen molar-refractivity contribution in [2.45, 2.75) is 31.6 Å². The molecule has 2 aromatic rings. The number of benzene rings is 1. The minimum absolute atomic E-state index is 0.461. The van der Waals surface area contributed by atoms with E-state index in [0.29, 0.717) is 11.6 Å². The van der Waals surface area contributed by atoms with Gasteiger partial charge < -0.3 is 5.73 Å². The summed E-state index contributed by atoms with van der Waals surface area (Å²) in [7, 11) is 0. The fourth-order valence-electron chi connectivity index (χ4n) is 2.52. The molecule has 0 aliphatic heterocycles. The zero-order chi connectivity index (χ0) is 12.5. The standard InChI is InChI=1S/C12H14BrN5/c13-9-5-6-11(10(14)7-9)18-12(15-16-17-18)8-3-1-2-4-8/h5-8H,1-4,14H2. The van der Waals surface area contributed by atoms with Gasteiger partial charge in [0.15, 0.2) is 5.82 Å². The van der Waals surface area contributed by atoms with E-state index in [9.17, 15) is 0 Å². The van der Waals surface area contributed by atoms with Crippen LogP contribution in [0.4, 0.5) is 5.69 Å². The first-order valence-corrected chi connectivity index (χ1v) is 6.88. The third-order valence-electron chi connectivity index (χ3n) is 3.43. The first-order chi connectivity index (χ1) is 8.75. The van der Waals surface area contributed by atoms with Crippen LogP contribution < -0.4 is 5.73 Å². The fraction of sp³-hybridized carbons (Fsp3) is 0.417. The van der Waals surface area contributed by atoms with Crippen LogP contribution in [0.15, 0.2) is 22.7 Å². The maximum Gasteiger partial charge on any atom is 0.159 e. The fourth-order valence-corrected chi connectivity index (χ4v) is 2.90. The number of nitrogens with zero attached hydrogens (tertiary/aromatic N) is 4. The largest absolute Gasteiger partial charge is 0.397 e. The molecule has 0 radical (unpaired) electrons. The number of hydrogen-bond acceptors (Lipinski definition) is 4. The molecule has 94 valence electrons. The van der Waals surface area contributed by atoms with Crippen molar-refractivity contribution in [2.75, 3.05) is 5.73 Å². The van der Waals surface area contributed by atoms with Gasteiger partial charge in [0.2, 0.25) is 0 Å². The number of aromatic nitrogens is 4. The molecule has 0 unspecified atom stereocenters. The molecule has 1 fully saturated rings. The predicted octanol–water partition coefficient (Wildman–Crippen LogP) is 2.66. The molecule has 1 aromatic heterocycles. The Balaban J connectivity index is 2.03. The van der Waals surface area contributed by atoms with Gasteiger partial charge in [0.05, 0.1) is 11.4 Å². The molecule has 1 aliphatic carbocycles. The highest BCUT2D eigenvalue weighted by Crippen LogP contribution is 2.34. The normalized spacial score (nSPS) is 16.3. The minimum atomic E-state index is 0.461. The van der Waals surface area contributed by atoms with Crippen LogP contribution in [0, 0.1) is 0 Å². The Labute approximate surface area is 113 Å². The van der Waals surface area contributed by atoms with E-state index in [0.717, 1.165) is 28.8 Å². The number of rotatable bonds is 2. The summed E-state index contributed by atoms with van der Waals surface area (Å²) in [5.41, 5.74) is 7.56. The van der Waals surface area contributed by atoms with Gasteiger partial charge in [-0.15, -0.1) is 5.10 Å². The van der Waals surface area contributed by atoms with Crippen molar-refractivity contribution in [1.82, 2.24) is 20.2 Å². The molecule has 1 heterocycles. The van der Waals surface area contributed by atoms with Crippen molar-refractivity contribution < 1.29 is 0 Å². The second-order valence-electron chi connectivity index (χ2n) is 4.63. The van der Waals surface area contributed by atoms with E-state index < -0.39 is 0 Å². The maximum absolute atomic E-state index is 6.03. The van der Waals surface area contributed by atoms with Crippen LogP contribution in [-0.4, -0.2) is 20.2 Å². The van der Waals surface area contributed by atoms with Gasteiger partial charge in [-0.25, -0.2) is 0 Å². The van der Waals surface area contributed by atoms with Gasteiger partial charge in [-0.2, -0.15) is 4.68 Å². The number of halogens is 1. The third kappa shape index (κ3) is 2.01. The van der Waals surface area contributed by atoms with Gasteiger partial charge in [0.1, 0.15) is 0 Å². The Hall–Kier alpha value is -1.43. The second-order valence-corrected chi connectivity index (χ2v) is 5.55. The van der Waals surface area contributed by atoms with Gasteiger partial charge >= 0.3 is 0 Å². The number of hydrogen-bond donors (Lipinski definition) is 1. The first-order valence-electron chi connectivity index (χ1n) is 6.09. The van der Waals surface area contributed by atoms with Crippen molar-refractivity contribution in [3.63, 3.8) is 0 Å². The summed E-state index contributed by atoms with van der Waals surface area (Å²) in [5.74, 6) is 1.39. The Bertz CT molecular complexity index is 559. The lowest BCUT2D eigenvalue weighted by Crippen LogP contribution is -2.08. The molecule has 1 aliphatic rings. The molecular formula is C12H14BrN5. The number of nitrogens with two attached hydrogens (primary N) is 1. The summed E-state index contributed by atoms with van der Waals surface area (Å²) < 4.78 is 2.73. The molecule has 0 saturated heterocycles. The van der Waals surface area contributed by atoms with E-state index in [1.165, 1.54) is 12.8 Å². The maximum atomic E-state index is 6.03. The molecule has 1 aromatic carbocycles. The topological polar surface area (TPSA) is 69.6 Å². The molecule has 0 atom stereocenters.